The summed E-state index contributed by atoms with van der Waals surface area (Å²) in [6.45, 7) is -1.22. The molecule has 2 aliphatic carbocycles. The average Bonchev–Trinajstić information content (AvgIpc) is 3.05. The van der Waals surface area contributed by atoms with E-state index in [1.807, 2.05) is 0 Å². The zero-order valence-corrected chi connectivity index (χ0v) is 11.4. The third kappa shape index (κ3) is 2.60. The average molecular weight is 326 g/mol. The molecule has 3 rings (SSSR count). The molecular formula is C11H12F2O7S. The predicted molar refractivity (Wildman–Crippen MR) is 61.4 cm³/mol. The van der Waals surface area contributed by atoms with Crippen molar-refractivity contribution >= 4 is 24.0 Å². The first-order chi connectivity index (χ1) is 9.93. The number of halogens is 2. The summed E-state index contributed by atoms with van der Waals surface area (Å²) in [4.78, 5) is 23.5. The maximum absolute atomic E-state index is 13.2. The lowest BCUT2D eigenvalue weighted by Gasteiger charge is -2.24. The van der Waals surface area contributed by atoms with Gasteiger partial charge in [0.1, 0.15) is 18.1 Å². The van der Waals surface area contributed by atoms with Crippen molar-refractivity contribution in [3.05, 3.63) is 0 Å². The van der Waals surface area contributed by atoms with E-state index in [9.17, 15) is 18.4 Å². The van der Waals surface area contributed by atoms with Gasteiger partial charge in [-0.15, -0.1) is 4.33 Å². The van der Waals surface area contributed by atoms with Crippen molar-refractivity contribution in [1.82, 2.24) is 0 Å². The van der Waals surface area contributed by atoms with Gasteiger partial charge in [0.05, 0.1) is 11.8 Å². The number of carbonyl (C=O) groups is 2. The molecule has 118 valence electrons. The lowest BCUT2D eigenvalue weighted by Crippen LogP contribution is -2.36. The van der Waals surface area contributed by atoms with Crippen LogP contribution in [0, 0.1) is 23.7 Å². The highest BCUT2D eigenvalue weighted by Crippen LogP contribution is 2.57. The van der Waals surface area contributed by atoms with Crippen LogP contribution in [0.15, 0.2) is 0 Å². The molecule has 0 spiro atoms. The minimum Gasteiger partial charge on any atom is -0.461 e. The Hall–Kier alpha value is -0.970. The Balaban J connectivity index is 1.56. The molecule has 1 saturated heterocycles. The number of ether oxygens (including phenoxy) is 2. The van der Waals surface area contributed by atoms with Crippen LogP contribution < -0.4 is 0 Å². The third-order valence-electron chi connectivity index (χ3n) is 4.33. The molecule has 0 radical (unpaired) electrons. The van der Waals surface area contributed by atoms with Gasteiger partial charge in [0.2, 0.25) is 0 Å². The molecule has 5 unspecified atom stereocenters. The molecule has 0 aromatic carbocycles. The van der Waals surface area contributed by atoms with E-state index in [-0.39, 0.29) is 23.7 Å². The fourth-order valence-corrected chi connectivity index (χ4v) is 3.86. The van der Waals surface area contributed by atoms with E-state index in [4.69, 9.17) is 9.99 Å². The second-order valence-corrected chi connectivity index (χ2v) is 6.30. The number of hydrogen-bond donors (Lipinski definition) is 1. The number of alkyl halides is 2. The molecule has 0 amide bonds. The van der Waals surface area contributed by atoms with E-state index in [0.717, 1.165) is 0 Å². The van der Waals surface area contributed by atoms with Gasteiger partial charge >= 0.3 is 17.2 Å². The van der Waals surface area contributed by atoms with Crippen molar-refractivity contribution in [2.24, 2.45) is 23.7 Å². The highest BCUT2D eigenvalue weighted by molar-refractivity contribution is 7.95. The summed E-state index contributed by atoms with van der Waals surface area (Å²) in [5, 5.41) is 7.31. The van der Waals surface area contributed by atoms with Gasteiger partial charge < -0.3 is 9.47 Å². The largest absolute Gasteiger partial charge is 0.461 e. The molecule has 3 aliphatic rings. The lowest BCUT2D eigenvalue weighted by atomic mass is 9.82. The first-order valence-corrected chi connectivity index (χ1v) is 7.08. The highest BCUT2D eigenvalue weighted by atomic mass is 32.2. The first-order valence-electron chi connectivity index (χ1n) is 6.34. The van der Waals surface area contributed by atoms with Crippen molar-refractivity contribution in [3.8, 4) is 0 Å². The molecule has 3 fully saturated rings. The number of hydrogen-bond acceptors (Lipinski definition) is 8. The Bertz CT molecular complexity index is 460. The van der Waals surface area contributed by atoms with E-state index >= 15 is 0 Å². The van der Waals surface area contributed by atoms with E-state index in [2.05, 4.69) is 14.1 Å². The fraction of sp³-hybridized carbons (Fsp3) is 0.818. The summed E-state index contributed by atoms with van der Waals surface area (Å²) < 4.78 is 39.8. The Morgan fingerprint density at radius 2 is 2.24 bits per heavy atom. The maximum atomic E-state index is 13.2. The molecule has 10 heteroatoms. The van der Waals surface area contributed by atoms with Crippen LogP contribution in [0.2, 0.25) is 0 Å². The summed E-state index contributed by atoms with van der Waals surface area (Å²) in [5.74, 6) is -1.99. The Morgan fingerprint density at radius 1 is 1.48 bits per heavy atom. The van der Waals surface area contributed by atoms with Gasteiger partial charge in [0.25, 0.3) is 0 Å². The van der Waals surface area contributed by atoms with Gasteiger partial charge in [-0.3, -0.25) is 9.59 Å². The smallest absolute Gasteiger partial charge is 0.354 e. The minimum absolute atomic E-state index is 0.000979. The van der Waals surface area contributed by atoms with Crippen LogP contribution >= 0.6 is 12.0 Å². The molecule has 0 aromatic heterocycles. The summed E-state index contributed by atoms with van der Waals surface area (Å²) in [7, 11) is 0. The zero-order chi connectivity index (χ0) is 15.2. The summed E-state index contributed by atoms with van der Waals surface area (Å²) >= 11 is -0.474. The summed E-state index contributed by atoms with van der Waals surface area (Å²) in [6, 6.07) is 0. The van der Waals surface area contributed by atoms with E-state index in [1.54, 1.807) is 0 Å². The zero-order valence-electron chi connectivity index (χ0n) is 10.6. The van der Waals surface area contributed by atoms with Crippen LogP contribution in [0.3, 0.4) is 0 Å². The topological polar surface area (TPSA) is 91.3 Å². The molecule has 21 heavy (non-hydrogen) atoms. The number of fused-ring (bicyclic) bond motifs is 1. The van der Waals surface area contributed by atoms with Crippen LogP contribution in [-0.4, -0.2) is 35.2 Å². The van der Waals surface area contributed by atoms with Crippen LogP contribution in [0.4, 0.5) is 8.78 Å². The number of rotatable bonds is 6. The van der Waals surface area contributed by atoms with Crippen molar-refractivity contribution in [2.75, 3.05) is 6.61 Å². The van der Waals surface area contributed by atoms with Crippen LogP contribution in [0.25, 0.3) is 0 Å². The second-order valence-electron chi connectivity index (χ2n) is 5.40. The predicted octanol–water partition coefficient (Wildman–Crippen LogP) is 1.39. The van der Waals surface area contributed by atoms with Crippen molar-refractivity contribution in [3.63, 3.8) is 0 Å². The molecule has 0 aromatic rings. The van der Waals surface area contributed by atoms with E-state index < -0.39 is 41.9 Å². The van der Waals surface area contributed by atoms with E-state index in [1.165, 1.54) is 0 Å². The number of esters is 2. The molecule has 7 nitrogen and oxygen atoms in total. The van der Waals surface area contributed by atoms with Gasteiger partial charge in [0, 0.05) is 5.92 Å². The number of carbonyl (C=O) groups excluding carboxylic acids is 2. The van der Waals surface area contributed by atoms with E-state index in [0.29, 0.717) is 12.8 Å². The van der Waals surface area contributed by atoms with Gasteiger partial charge in [0.15, 0.2) is 6.61 Å². The Labute approximate surface area is 121 Å². The molecule has 1 N–H and O–H groups in total. The fourth-order valence-electron chi connectivity index (χ4n) is 3.62. The lowest BCUT2D eigenvalue weighted by molar-refractivity contribution is -0.433. The van der Waals surface area contributed by atoms with Gasteiger partial charge in [-0.2, -0.15) is 8.78 Å². The van der Waals surface area contributed by atoms with Crippen molar-refractivity contribution in [2.45, 2.75) is 24.2 Å². The minimum atomic E-state index is -3.56. The molecule has 2 saturated carbocycles. The van der Waals surface area contributed by atoms with Crippen LogP contribution in [-0.2, 0) is 28.4 Å². The summed E-state index contributed by atoms with van der Waals surface area (Å²) in [5.41, 5.74) is 0. The van der Waals surface area contributed by atoms with Gasteiger partial charge in [-0.1, -0.05) is 5.04 Å². The standard InChI is InChI=1S/C11H12F2O7S/c12-11(13,21-20-19-16)3-17-10(15)7-4-1-5-6(2-4)9(14)18-8(5)7/h4-8,16H,1-3H2. The maximum Gasteiger partial charge on any atom is 0.354 e. The van der Waals surface area contributed by atoms with Crippen LogP contribution in [0.5, 0.6) is 0 Å². The Kier molecular flexibility index (Phi) is 3.80. The van der Waals surface area contributed by atoms with Crippen molar-refractivity contribution in [1.29, 1.82) is 0 Å². The first kappa shape index (κ1) is 14.9. The molecular weight excluding hydrogens is 314 g/mol. The molecule has 1 aliphatic heterocycles. The molecule has 5 atom stereocenters. The molecule has 1 heterocycles. The molecule has 2 bridgehead atoms. The Morgan fingerprint density at radius 3 is 2.95 bits per heavy atom. The quantitative estimate of drug-likeness (QED) is 0.339. The van der Waals surface area contributed by atoms with Gasteiger partial charge in [-0.05, 0) is 18.8 Å². The third-order valence-corrected chi connectivity index (χ3v) is 4.82. The summed E-state index contributed by atoms with van der Waals surface area (Å²) in [6.07, 6.45) is 0.687. The monoisotopic (exact) mass is 326 g/mol. The van der Waals surface area contributed by atoms with Gasteiger partial charge in [-0.25, -0.2) is 5.26 Å². The second kappa shape index (κ2) is 5.34. The van der Waals surface area contributed by atoms with Crippen LogP contribution in [0.1, 0.15) is 12.8 Å². The highest BCUT2D eigenvalue weighted by Gasteiger charge is 2.64. The normalized spacial score (nSPS) is 36.9. The SMILES string of the molecule is O=C1OC2C3CC(CC13)C2C(=O)OCC(F)(F)SOOO. The van der Waals surface area contributed by atoms with Crippen molar-refractivity contribution < 1.29 is 42.5 Å².